The summed E-state index contributed by atoms with van der Waals surface area (Å²) in [5.74, 6) is -0.143. The van der Waals surface area contributed by atoms with Gasteiger partial charge in [-0.1, -0.05) is 6.07 Å². The van der Waals surface area contributed by atoms with Crippen molar-refractivity contribution in [3.05, 3.63) is 54.0 Å². The molecule has 1 heterocycles. The molecule has 1 amide bonds. The second kappa shape index (κ2) is 5.48. The number of pyridine rings is 1. The first-order valence-corrected chi connectivity index (χ1v) is 5.77. The van der Waals surface area contributed by atoms with Crippen LogP contribution in [0.4, 0.5) is 15.9 Å². The van der Waals surface area contributed by atoms with Crippen LogP contribution in [0.25, 0.3) is 0 Å². The number of hydrogen-bond donors (Lipinski definition) is 1. The number of hydrogen-bond acceptors (Lipinski definition) is 3. The van der Waals surface area contributed by atoms with Crippen molar-refractivity contribution < 1.29 is 9.18 Å². The predicted octanol–water partition coefficient (Wildman–Crippen LogP) is 2.54. The molecule has 5 heteroatoms. The molecule has 2 rings (SSSR count). The molecule has 4 nitrogen and oxygen atoms in total. The van der Waals surface area contributed by atoms with E-state index < -0.39 is 5.82 Å². The van der Waals surface area contributed by atoms with E-state index in [0.717, 1.165) is 0 Å². The lowest BCUT2D eigenvalue weighted by atomic mass is 10.2. The molecule has 0 aliphatic rings. The lowest BCUT2D eigenvalue weighted by Crippen LogP contribution is -2.19. The Kier molecular flexibility index (Phi) is 3.75. The fourth-order valence-electron chi connectivity index (χ4n) is 1.70. The Morgan fingerprint density at radius 2 is 2.05 bits per heavy atom. The van der Waals surface area contributed by atoms with Gasteiger partial charge in [-0.15, -0.1) is 0 Å². The minimum Gasteiger partial charge on any atom is -0.362 e. The van der Waals surface area contributed by atoms with Gasteiger partial charge in [0, 0.05) is 26.0 Å². The summed E-state index contributed by atoms with van der Waals surface area (Å²) in [6.07, 6.45) is 1.62. The highest BCUT2D eigenvalue weighted by Crippen LogP contribution is 2.17. The van der Waals surface area contributed by atoms with Gasteiger partial charge in [0.1, 0.15) is 11.6 Å². The number of benzene rings is 1. The Hall–Kier alpha value is -2.43. The van der Waals surface area contributed by atoms with Crippen molar-refractivity contribution in [3.63, 3.8) is 0 Å². The normalized spacial score (nSPS) is 10.1. The molecule has 0 saturated heterocycles. The monoisotopic (exact) mass is 259 g/mol. The van der Waals surface area contributed by atoms with Crippen molar-refractivity contribution >= 4 is 17.4 Å². The van der Waals surface area contributed by atoms with Gasteiger partial charge in [0.05, 0.1) is 5.56 Å². The molecule has 19 heavy (non-hydrogen) atoms. The van der Waals surface area contributed by atoms with Crippen LogP contribution in [-0.4, -0.2) is 25.0 Å². The van der Waals surface area contributed by atoms with Crippen LogP contribution < -0.4 is 10.2 Å². The van der Waals surface area contributed by atoms with Crippen LogP contribution in [0.3, 0.4) is 0 Å². The average Bonchev–Trinajstić information content (AvgIpc) is 2.38. The second-order valence-electron chi connectivity index (χ2n) is 4.23. The average molecular weight is 259 g/mol. The molecule has 0 unspecified atom stereocenters. The maximum absolute atomic E-state index is 13.1. The molecule has 0 spiro atoms. The molecule has 2 aromatic rings. The minimum absolute atomic E-state index is 0.317. The third-order valence-electron chi connectivity index (χ3n) is 2.54. The Balaban J connectivity index is 2.25. The van der Waals surface area contributed by atoms with Crippen molar-refractivity contribution in [2.45, 2.75) is 0 Å². The van der Waals surface area contributed by atoms with Gasteiger partial charge in [-0.05, 0) is 30.3 Å². The quantitative estimate of drug-likeness (QED) is 0.921. The molecule has 0 atom stereocenters. The van der Waals surface area contributed by atoms with Gasteiger partial charge in [0.2, 0.25) is 0 Å². The van der Waals surface area contributed by atoms with Crippen LogP contribution in [-0.2, 0) is 0 Å². The van der Waals surface area contributed by atoms with E-state index in [0.29, 0.717) is 17.1 Å². The Bertz CT molecular complexity index is 599. The van der Waals surface area contributed by atoms with E-state index in [2.05, 4.69) is 10.3 Å². The SMILES string of the molecule is CN(C)c1ncccc1C(=O)Nc1cccc(F)c1. The largest absolute Gasteiger partial charge is 0.362 e. The number of nitrogens with zero attached hydrogens (tertiary/aromatic N) is 2. The second-order valence-corrected chi connectivity index (χ2v) is 4.23. The third kappa shape index (κ3) is 3.07. The highest BCUT2D eigenvalue weighted by molar-refractivity contribution is 6.07. The highest BCUT2D eigenvalue weighted by Gasteiger charge is 2.13. The fraction of sp³-hybridized carbons (Fsp3) is 0.143. The van der Waals surface area contributed by atoms with Crippen molar-refractivity contribution in [2.75, 3.05) is 24.3 Å². The van der Waals surface area contributed by atoms with Crippen LogP contribution >= 0.6 is 0 Å². The molecule has 0 bridgehead atoms. The molecule has 0 fully saturated rings. The smallest absolute Gasteiger partial charge is 0.259 e. The third-order valence-corrected chi connectivity index (χ3v) is 2.54. The van der Waals surface area contributed by atoms with E-state index in [1.54, 1.807) is 49.5 Å². The first-order chi connectivity index (χ1) is 9.08. The maximum atomic E-state index is 13.1. The van der Waals surface area contributed by atoms with Crippen LogP contribution in [0, 0.1) is 5.82 Å². The van der Waals surface area contributed by atoms with Crippen LogP contribution in [0.15, 0.2) is 42.6 Å². The lowest BCUT2D eigenvalue weighted by Gasteiger charge is -2.15. The lowest BCUT2D eigenvalue weighted by molar-refractivity contribution is 0.102. The molecular weight excluding hydrogens is 245 g/mol. The summed E-state index contributed by atoms with van der Waals surface area (Å²) in [5.41, 5.74) is 0.857. The zero-order valence-electron chi connectivity index (χ0n) is 10.7. The highest BCUT2D eigenvalue weighted by atomic mass is 19.1. The standard InChI is InChI=1S/C14H14FN3O/c1-18(2)13-12(7-4-8-16-13)14(19)17-11-6-3-5-10(15)9-11/h3-9H,1-2H3,(H,17,19). The first kappa shape index (κ1) is 13.0. The van der Waals surface area contributed by atoms with Gasteiger partial charge >= 0.3 is 0 Å². The molecule has 98 valence electrons. The molecule has 0 saturated carbocycles. The Morgan fingerprint density at radius 3 is 2.74 bits per heavy atom. The number of anilines is 2. The van der Waals surface area contributed by atoms with Crippen molar-refractivity contribution in [1.82, 2.24) is 4.98 Å². The van der Waals surface area contributed by atoms with Gasteiger partial charge in [-0.25, -0.2) is 9.37 Å². The van der Waals surface area contributed by atoms with Gasteiger partial charge in [-0.3, -0.25) is 4.79 Å². The van der Waals surface area contributed by atoms with Gasteiger partial charge in [0.25, 0.3) is 5.91 Å². The summed E-state index contributed by atoms with van der Waals surface area (Å²) < 4.78 is 13.1. The first-order valence-electron chi connectivity index (χ1n) is 5.77. The Labute approximate surface area is 110 Å². The number of amides is 1. The molecule has 1 N–H and O–H groups in total. The number of carbonyl (C=O) groups excluding carboxylic acids is 1. The molecular formula is C14H14FN3O. The molecule has 0 aliphatic carbocycles. The summed E-state index contributed by atoms with van der Waals surface area (Å²) in [6.45, 7) is 0. The van der Waals surface area contributed by atoms with Crippen molar-refractivity contribution in [2.24, 2.45) is 0 Å². The summed E-state index contributed by atoms with van der Waals surface area (Å²) >= 11 is 0. The van der Waals surface area contributed by atoms with E-state index in [4.69, 9.17) is 0 Å². The molecule has 1 aromatic heterocycles. The zero-order valence-corrected chi connectivity index (χ0v) is 10.7. The van der Waals surface area contributed by atoms with E-state index in [1.807, 2.05) is 0 Å². The summed E-state index contributed by atoms with van der Waals surface area (Å²) in [4.78, 5) is 18.1. The number of rotatable bonds is 3. The number of carbonyl (C=O) groups is 1. The number of aromatic nitrogens is 1. The minimum atomic E-state index is -0.392. The Morgan fingerprint density at radius 1 is 1.26 bits per heavy atom. The van der Waals surface area contributed by atoms with E-state index >= 15 is 0 Å². The van der Waals surface area contributed by atoms with E-state index in [9.17, 15) is 9.18 Å². The van der Waals surface area contributed by atoms with Gasteiger partial charge in [-0.2, -0.15) is 0 Å². The van der Waals surface area contributed by atoms with E-state index in [-0.39, 0.29) is 5.91 Å². The van der Waals surface area contributed by atoms with Crippen LogP contribution in [0.5, 0.6) is 0 Å². The molecule has 0 aliphatic heterocycles. The fourth-order valence-corrected chi connectivity index (χ4v) is 1.70. The number of nitrogens with one attached hydrogen (secondary N) is 1. The molecule has 1 aromatic carbocycles. The summed E-state index contributed by atoms with van der Waals surface area (Å²) in [5, 5.41) is 2.65. The van der Waals surface area contributed by atoms with Crippen LogP contribution in [0.2, 0.25) is 0 Å². The predicted molar refractivity (Wildman–Crippen MR) is 72.9 cm³/mol. The van der Waals surface area contributed by atoms with Gasteiger partial charge < -0.3 is 10.2 Å². The van der Waals surface area contributed by atoms with Crippen molar-refractivity contribution in [1.29, 1.82) is 0 Å². The van der Waals surface area contributed by atoms with E-state index in [1.165, 1.54) is 12.1 Å². The molecule has 0 radical (unpaired) electrons. The topological polar surface area (TPSA) is 45.2 Å². The number of halogens is 1. The summed E-state index contributed by atoms with van der Waals surface area (Å²) in [6, 6.07) is 9.13. The maximum Gasteiger partial charge on any atom is 0.259 e. The van der Waals surface area contributed by atoms with Gasteiger partial charge in [0.15, 0.2) is 0 Å². The van der Waals surface area contributed by atoms with Crippen LogP contribution in [0.1, 0.15) is 10.4 Å². The summed E-state index contributed by atoms with van der Waals surface area (Å²) in [7, 11) is 3.61. The van der Waals surface area contributed by atoms with Crippen molar-refractivity contribution in [3.8, 4) is 0 Å². The zero-order chi connectivity index (χ0) is 13.8.